The van der Waals surface area contributed by atoms with E-state index >= 15 is 0 Å². The van der Waals surface area contributed by atoms with E-state index in [0.717, 1.165) is 10.5 Å². The molecule has 10 amide bonds. The van der Waals surface area contributed by atoms with E-state index in [1.54, 1.807) is 45.0 Å². The number of rotatable bonds is 33. The fraction of sp³-hybridized carbons (Fsp3) is 0.667. The fourth-order valence-electron chi connectivity index (χ4n) is 9.60. The minimum absolute atomic E-state index is 0.0211. The van der Waals surface area contributed by atoms with Crippen molar-refractivity contribution in [1.82, 2.24) is 36.8 Å². The summed E-state index contributed by atoms with van der Waals surface area (Å²) in [5, 5.41) is 41.1. The highest BCUT2D eigenvalue weighted by Crippen LogP contribution is 2.41. The van der Waals surface area contributed by atoms with Crippen molar-refractivity contribution in [2.24, 2.45) is 23.0 Å². The Labute approximate surface area is 490 Å². The number of nitrogens with one attached hydrogen (secondary N) is 7. The van der Waals surface area contributed by atoms with Gasteiger partial charge in [-0.15, -0.1) is 0 Å². The zero-order valence-electron chi connectivity index (χ0n) is 49.8. The van der Waals surface area contributed by atoms with Crippen LogP contribution < -0.4 is 43.0 Å². The number of urea groups is 1. The summed E-state index contributed by atoms with van der Waals surface area (Å²) in [5.41, 5.74) is 6.10. The number of carbonyl (C=O) groups excluding carboxylic acids is 9. The van der Waals surface area contributed by atoms with E-state index in [1.807, 2.05) is 20.8 Å². The lowest BCUT2D eigenvalue weighted by Crippen LogP contribution is -2.62. The zero-order valence-corrected chi connectivity index (χ0v) is 49.8. The molecule has 2 saturated heterocycles. The molecule has 11 N–H and O–H groups in total. The number of hydrogen-bond donors (Lipinski definition) is 10. The van der Waals surface area contributed by atoms with E-state index in [4.69, 9.17) is 38.9 Å². The number of unbranched alkanes of at least 4 members (excludes halogenated alkanes) is 2. The van der Waals surface area contributed by atoms with Crippen molar-refractivity contribution in [2.75, 3.05) is 59.4 Å². The number of nitrogens with two attached hydrogens (primary N) is 1. The number of nitrogens with zero attached hydrogens (tertiary/aromatic N) is 1. The summed E-state index contributed by atoms with van der Waals surface area (Å²) in [4.78, 5) is 115. The Bertz CT molecular complexity index is 2430. The highest BCUT2D eigenvalue weighted by Gasteiger charge is 2.52. The highest BCUT2D eigenvalue weighted by molar-refractivity contribution is 6.12. The number of benzene rings is 1. The van der Waals surface area contributed by atoms with Crippen LogP contribution in [-0.4, -0.2) is 184 Å². The number of methoxy groups -OCH3 is 3. The lowest BCUT2D eigenvalue weighted by atomic mass is 9.74. The number of primary amides is 1. The molecule has 0 aromatic heterocycles. The van der Waals surface area contributed by atoms with Gasteiger partial charge in [0, 0.05) is 102 Å². The Kier molecular flexibility index (Phi) is 28.0. The van der Waals surface area contributed by atoms with Gasteiger partial charge in [0.2, 0.25) is 23.5 Å². The van der Waals surface area contributed by atoms with Gasteiger partial charge in [0.1, 0.15) is 31.4 Å². The lowest BCUT2D eigenvalue weighted by molar-refractivity contribution is -0.298. The number of ether oxygens (including phenoxy) is 7. The highest BCUT2D eigenvalue weighted by atomic mass is 16.7. The second kappa shape index (κ2) is 33.7. The molecule has 3 heterocycles. The molecule has 3 aliphatic rings. The second-order valence-electron chi connectivity index (χ2n) is 22.2. The van der Waals surface area contributed by atoms with Crippen molar-refractivity contribution in [3.63, 3.8) is 0 Å². The molecule has 3 aliphatic heterocycles. The Hall–Kier alpha value is -6.75. The minimum Gasteiger partial charge on any atom is -0.447 e. The number of amides is 10. The maximum absolute atomic E-state index is 13.6. The van der Waals surface area contributed by atoms with Crippen LogP contribution in [0.2, 0.25) is 0 Å². The third-order valence-corrected chi connectivity index (χ3v) is 15.3. The van der Waals surface area contributed by atoms with E-state index in [9.17, 15) is 53.4 Å². The van der Waals surface area contributed by atoms with Crippen molar-refractivity contribution < 1.29 is 86.5 Å². The van der Waals surface area contributed by atoms with Gasteiger partial charge in [-0.3, -0.25) is 33.7 Å². The lowest BCUT2D eigenvalue weighted by Gasteiger charge is -2.48. The molecule has 4 rings (SSSR count). The summed E-state index contributed by atoms with van der Waals surface area (Å²) in [6.45, 7) is 15.3. The van der Waals surface area contributed by atoms with Crippen molar-refractivity contribution >= 4 is 59.3 Å². The number of aliphatic hydroxyl groups is 2. The first-order valence-electron chi connectivity index (χ1n) is 28.4. The maximum Gasteiger partial charge on any atom is 0.407 e. The molecule has 2 fully saturated rings. The first-order chi connectivity index (χ1) is 39.7. The van der Waals surface area contributed by atoms with Gasteiger partial charge >= 0.3 is 18.2 Å². The van der Waals surface area contributed by atoms with Gasteiger partial charge in [0.25, 0.3) is 17.7 Å². The van der Waals surface area contributed by atoms with Gasteiger partial charge < -0.3 is 86.3 Å². The summed E-state index contributed by atoms with van der Waals surface area (Å²) < 4.78 is 40.0. The summed E-state index contributed by atoms with van der Waals surface area (Å²) in [5.74, 6) is -5.16. The molecule has 84 heavy (non-hydrogen) atoms. The summed E-state index contributed by atoms with van der Waals surface area (Å²) in [7, 11) is 4.14. The third kappa shape index (κ3) is 21.1. The topological polar surface area (TPSA) is 372 Å². The van der Waals surface area contributed by atoms with Crippen molar-refractivity contribution in [3.05, 3.63) is 54.1 Å². The Morgan fingerprint density at radius 1 is 0.821 bits per heavy atom. The normalized spacial score (nSPS) is 22.9. The molecule has 11 atom stereocenters. The van der Waals surface area contributed by atoms with Crippen LogP contribution in [0.25, 0.3) is 0 Å². The molecule has 0 unspecified atom stereocenters. The van der Waals surface area contributed by atoms with Gasteiger partial charge in [0.15, 0.2) is 12.3 Å². The van der Waals surface area contributed by atoms with Gasteiger partial charge in [-0.1, -0.05) is 65.3 Å². The van der Waals surface area contributed by atoms with Crippen LogP contribution in [0.3, 0.4) is 0 Å². The van der Waals surface area contributed by atoms with Gasteiger partial charge in [0.05, 0.1) is 24.4 Å². The molecule has 0 saturated carbocycles. The standard InChI is InChI=1S/C57H89N9O18/c1-33(2)47(64-44(68)17-12-11-13-27-66-45(69)22-23-46(66)70)50(73)63-40(16-14-24-59-53(58)75)49(72)62-38-20-18-37(19-21-38)31-81-54(76)60-25-15-26-61-55(77)82-32-39(78-8)28-43-56(6,7)42(67)29-41(83-43)52(79-9)65-51(74)48(71)57(80-10)30-34(3)35(4)36(5)84-57/h18-23,33,35-36,39-43,47-48,52,67,71H,3,11-17,24-32H2,1-2,4-10H3,(H,60,76)(H,61,77)(H,62,72)(H,63,73)(H,64,68)(H,65,74)(H3,58,59,75)/t35-,36-,39+,40+,41+,42-,43-,47+,48-,52+,57-/m1/s1. The number of hydrogen-bond acceptors (Lipinski definition) is 18. The third-order valence-electron chi connectivity index (χ3n) is 15.3. The summed E-state index contributed by atoms with van der Waals surface area (Å²) in [6.07, 6.45) is -2.71. The van der Waals surface area contributed by atoms with E-state index < -0.39 is 96.0 Å². The summed E-state index contributed by atoms with van der Waals surface area (Å²) >= 11 is 0. The SMILES string of the molecule is C=C1C[C@](OC)([C@H](O)C(=O)N[C@@H](OC)[C@@H]2C[C@@H](O)C(C)(C)[C@@H](C[C@@H](COC(=O)NCCCNC(=O)OCc3ccc(NC(=O)[C@H](CCCNC(N)=O)NC(=O)[C@@H](NC(=O)CCCCCN4C(=O)C=CC4=O)C(C)C)cc3)OC)O2)O[C@H](C)[C@@H]1C. The first-order valence-corrected chi connectivity index (χ1v) is 28.4. The molecular weight excluding hydrogens is 1100 g/mol. The van der Waals surface area contributed by atoms with Crippen LogP contribution >= 0.6 is 0 Å². The van der Waals surface area contributed by atoms with E-state index in [0.29, 0.717) is 36.9 Å². The van der Waals surface area contributed by atoms with E-state index in [2.05, 4.69) is 43.8 Å². The molecule has 0 spiro atoms. The molecule has 27 nitrogen and oxygen atoms in total. The van der Waals surface area contributed by atoms with Gasteiger partial charge in [-0.2, -0.15) is 0 Å². The first kappa shape index (κ1) is 69.7. The summed E-state index contributed by atoms with van der Waals surface area (Å²) in [6, 6.07) is 3.62. The van der Waals surface area contributed by atoms with Crippen LogP contribution in [0.5, 0.6) is 0 Å². The molecule has 0 bridgehead atoms. The smallest absolute Gasteiger partial charge is 0.407 e. The predicted octanol–water partition coefficient (Wildman–Crippen LogP) is 2.27. The number of imide groups is 1. The maximum atomic E-state index is 13.6. The average molecular weight is 1190 g/mol. The number of carbonyl (C=O) groups is 9. The van der Waals surface area contributed by atoms with Gasteiger partial charge in [-0.25, -0.2) is 14.4 Å². The number of alkyl carbamates (subject to hydrolysis) is 2. The van der Waals surface area contributed by atoms with Crippen LogP contribution in [0.1, 0.15) is 111 Å². The van der Waals surface area contributed by atoms with Crippen LogP contribution in [0, 0.1) is 17.3 Å². The molecule has 27 heteroatoms. The quantitative estimate of drug-likeness (QED) is 0.0209. The number of aliphatic hydroxyl groups excluding tert-OH is 2. The molecule has 0 radical (unpaired) electrons. The monoisotopic (exact) mass is 1190 g/mol. The predicted molar refractivity (Wildman–Crippen MR) is 304 cm³/mol. The Balaban J connectivity index is 1.17. The molecule has 1 aromatic carbocycles. The van der Waals surface area contributed by atoms with Crippen molar-refractivity contribution in [2.45, 2.75) is 173 Å². The van der Waals surface area contributed by atoms with Crippen molar-refractivity contribution in [3.8, 4) is 0 Å². The van der Waals surface area contributed by atoms with Gasteiger partial charge in [-0.05, 0) is 62.6 Å². The number of anilines is 1. The minimum atomic E-state index is -1.76. The second-order valence-corrected chi connectivity index (χ2v) is 22.2. The van der Waals surface area contributed by atoms with Crippen LogP contribution in [-0.2, 0) is 68.5 Å². The van der Waals surface area contributed by atoms with E-state index in [1.165, 1.54) is 33.5 Å². The van der Waals surface area contributed by atoms with Crippen LogP contribution in [0.4, 0.5) is 20.1 Å². The molecular formula is C57H89N9O18. The van der Waals surface area contributed by atoms with Crippen LogP contribution in [0.15, 0.2) is 48.6 Å². The fourth-order valence-corrected chi connectivity index (χ4v) is 9.60. The Morgan fingerprint density at radius 3 is 2.06 bits per heavy atom. The Morgan fingerprint density at radius 2 is 1.46 bits per heavy atom. The molecule has 470 valence electrons. The zero-order chi connectivity index (χ0) is 62.3. The molecule has 0 aliphatic carbocycles. The van der Waals surface area contributed by atoms with E-state index in [-0.39, 0.29) is 114 Å². The largest absolute Gasteiger partial charge is 0.447 e. The molecule has 1 aromatic rings. The van der Waals surface area contributed by atoms with Crippen molar-refractivity contribution in [1.29, 1.82) is 0 Å². The average Bonchev–Trinajstić information content (AvgIpc) is 3.95.